The first kappa shape index (κ1) is 30.6. The summed E-state index contributed by atoms with van der Waals surface area (Å²) in [5, 5.41) is 0. The van der Waals surface area contributed by atoms with E-state index in [1.165, 1.54) is 89.7 Å². The van der Waals surface area contributed by atoms with Gasteiger partial charge < -0.3 is 14.4 Å². The first-order valence-corrected chi connectivity index (χ1v) is 15.2. The number of nitrogens with one attached hydrogen (secondary N) is 1. The zero-order valence-corrected chi connectivity index (χ0v) is 23.1. The van der Waals surface area contributed by atoms with Crippen molar-refractivity contribution in [3.63, 3.8) is 0 Å². The molecule has 0 aliphatic rings. The number of hydrogen-bond acceptors (Lipinski definition) is 5. The SMILES string of the molecule is CCCCCCCCCCCCCCCCN(CCNS(C)(=O)=O)c1cc(OC)ccc1OC. The van der Waals surface area contributed by atoms with E-state index in [0.717, 1.165) is 30.2 Å². The fourth-order valence-electron chi connectivity index (χ4n) is 4.26. The molecule has 7 heteroatoms. The number of ether oxygens (including phenoxy) is 2. The second kappa shape index (κ2) is 18.8. The molecule has 0 radical (unpaired) electrons. The predicted octanol–water partition coefficient (Wildman–Crippen LogP) is 6.54. The van der Waals surface area contributed by atoms with Crippen molar-refractivity contribution < 1.29 is 17.9 Å². The molecule has 0 amide bonds. The Labute approximate surface area is 209 Å². The van der Waals surface area contributed by atoms with Gasteiger partial charge in [0.15, 0.2) is 0 Å². The van der Waals surface area contributed by atoms with Crippen molar-refractivity contribution in [3.8, 4) is 11.5 Å². The van der Waals surface area contributed by atoms with Crippen LogP contribution >= 0.6 is 0 Å². The number of hydrogen-bond donors (Lipinski definition) is 1. The first-order valence-electron chi connectivity index (χ1n) is 13.3. The van der Waals surface area contributed by atoms with Crippen molar-refractivity contribution in [2.24, 2.45) is 0 Å². The summed E-state index contributed by atoms with van der Waals surface area (Å²) in [6.07, 6.45) is 19.8. The summed E-state index contributed by atoms with van der Waals surface area (Å²) in [4.78, 5) is 2.19. The van der Waals surface area contributed by atoms with Gasteiger partial charge in [-0.1, -0.05) is 90.4 Å². The maximum Gasteiger partial charge on any atom is 0.208 e. The molecule has 0 heterocycles. The van der Waals surface area contributed by atoms with Gasteiger partial charge in [-0.3, -0.25) is 0 Å². The summed E-state index contributed by atoms with van der Waals surface area (Å²) in [5.74, 6) is 1.53. The lowest BCUT2D eigenvalue weighted by atomic mass is 10.0. The van der Waals surface area contributed by atoms with Crippen LogP contribution in [-0.2, 0) is 10.0 Å². The molecular weight excluding hydrogens is 448 g/mol. The first-order chi connectivity index (χ1) is 16.4. The van der Waals surface area contributed by atoms with Crippen molar-refractivity contribution in [2.45, 2.75) is 96.8 Å². The van der Waals surface area contributed by atoms with Crippen LogP contribution in [-0.4, -0.2) is 48.5 Å². The Bertz CT molecular complexity index is 740. The second-order valence-electron chi connectivity index (χ2n) is 9.29. The van der Waals surface area contributed by atoms with Crippen molar-refractivity contribution in [1.82, 2.24) is 4.72 Å². The smallest absolute Gasteiger partial charge is 0.208 e. The van der Waals surface area contributed by atoms with E-state index in [1.807, 2.05) is 18.2 Å². The maximum absolute atomic E-state index is 11.5. The van der Waals surface area contributed by atoms with Gasteiger partial charge in [-0.05, 0) is 18.6 Å². The van der Waals surface area contributed by atoms with Crippen molar-refractivity contribution in [1.29, 1.82) is 0 Å². The van der Waals surface area contributed by atoms with Crippen LogP contribution in [0.4, 0.5) is 5.69 Å². The van der Waals surface area contributed by atoms with Crippen molar-refractivity contribution >= 4 is 15.7 Å². The number of sulfonamides is 1. The molecule has 0 aliphatic carbocycles. The topological polar surface area (TPSA) is 67.9 Å². The Morgan fingerprint density at radius 3 is 1.76 bits per heavy atom. The van der Waals surface area contributed by atoms with Crippen LogP contribution in [0.2, 0.25) is 0 Å². The molecule has 1 rings (SSSR count). The van der Waals surface area contributed by atoms with E-state index in [2.05, 4.69) is 16.5 Å². The van der Waals surface area contributed by atoms with E-state index in [9.17, 15) is 8.42 Å². The van der Waals surface area contributed by atoms with Gasteiger partial charge in [0.2, 0.25) is 10.0 Å². The van der Waals surface area contributed by atoms with E-state index in [4.69, 9.17) is 9.47 Å². The average Bonchev–Trinajstić information content (AvgIpc) is 2.82. The van der Waals surface area contributed by atoms with Gasteiger partial charge in [0.05, 0.1) is 26.2 Å². The molecule has 0 saturated heterocycles. The number of anilines is 1. The van der Waals surface area contributed by atoms with E-state index in [0.29, 0.717) is 13.1 Å². The van der Waals surface area contributed by atoms with E-state index < -0.39 is 10.0 Å². The van der Waals surface area contributed by atoms with Gasteiger partial charge in [-0.25, -0.2) is 13.1 Å². The maximum atomic E-state index is 11.5. The number of methoxy groups -OCH3 is 2. The third-order valence-corrected chi connectivity index (χ3v) is 6.98. The molecule has 0 aliphatic heterocycles. The van der Waals surface area contributed by atoms with Crippen LogP contribution in [0.1, 0.15) is 96.8 Å². The fourth-order valence-corrected chi connectivity index (χ4v) is 4.72. The number of unbranched alkanes of at least 4 members (excludes halogenated alkanes) is 13. The highest BCUT2D eigenvalue weighted by Crippen LogP contribution is 2.32. The number of rotatable bonds is 22. The van der Waals surface area contributed by atoms with Crippen LogP contribution in [0, 0.1) is 0 Å². The van der Waals surface area contributed by atoms with Crippen molar-refractivity contribution in [3.05, 3.63) is 18.2 Å². The molecule has 6 nitrogen and oxygen atoms in total. The molecule has 34 heavy (non-hydrogen) atoms. The van der Waals surface area contributed by atoms with Crippen LogP contribution in [0.15, 0.2) is 18.2 Å². The minimum atomic E-state index is -3.21. The van der Waals surface area contributed by atoms with Gasteiger partial charge in [-0.2, -0.15) is 0 Å². The molecule has 0 unspecified atom stereocenters. The Morgan fingerprint density at radius 1 is 0.765 bits per heavy atom. The summed E-state index contributed by atoms with van der Waals surface area (Å²) in [7, 11) is 0.0922. The van der Waals surface area contributed by atoms with E-state index in [-0.39, 0.29) is 0 Å². The lowest BCUT2D eigenvalue weighted by Gasteiger charge is -2.27. The number of nitrogens with zero attached hydrogens (tertiary/aromatic N) is 1. The third-order valence-electron chi connectivity index (χ3n) is 6.25. The molecule has 0 saturated carbocycles. The molecule has 1 N–H and O–H groups in total. The van der Waals surface area contributed by atoms with Crippen molar-refractivity contribution in [2.75, 3.05) is 45.0 Å². The van der Waals surface area contributed by atoms with Gasteiger partial charge in [0.1, 0.15) is 11.5 Å². The summed E-state index contributed by atoms with van der Waals surface area (Å²) >= 11 is 0. The van der Waals surface area contributed by atoms with Crippen LogP contribution < -0.4 is 19.1 Å². The van der Waals surface area contributed by atoms with Gasteiger partial charge >= 0.3 is 0 Å². The highest BCUT2D eigenvalue weighted by atomic mass is 32.2. The molecule has 198 valence electrons. The summed E-state index contributed by atoms with van der Waals surface area (Å²) in [6, 6.07) is 5.74. The largest absolute Gasteiger partial charge is 0.497 e. The summed E-state index contributed by atoms with van der Waals surface area (Å²) in [5.41, 5.74) is 0.937. The minimum Gasteiger partial charge on any atom is -0.497 e. The van der Waals surface area contributed by atoms with E-state index >= 15 is 0 Å². The molecule has 0 bridgehead atoms. The molecule has 0 fully saturated rings. The molecular formula is C27H50N2O4S. The third kappa shape index (κ3) is 14.7. The van der Waals surface area contributed by atoms with Gasteiger partial charge in [0, 0.05) is 25.7 Å². The van der Waals surface area contributed by atoms with Crippen LogP contribution in [0.5, 0.6) is 11.5 Å². The van der Waals surface area contributed by atoms with Crippen LogP contribution in [0.3, 0.4) is 0 Å². The fraction of sp³-hybridized carbons (Fsp3) is 0.778. The quantitative estimate of drug-likeness (QED) is 0.184. The minimum absolute atomic E-state index is 0.359. The second-order valence-corrected chi connectivity index (χ2v) is 11.1. The highest BCUT2D eigenvalue weighted by Gasteiger charge is 2.14. The Kier molecular flexibility index (Phi) is 16.9. The molecule has 1 aromatic rings. The average molecular weight is 499 g/mol. The van der Waals surface area contributed by atoms with Crippen LogP contribution in [0.25, 0.3) is 0 Å². The van der Waals surface area contributed by atoms with Gasteiger partial charge in [-0.15, -0.1) is 0 Å². The molecule has 0 spiro atoms. The highest BCUT2D eigenvalue weighted by molar-refractivity contribution is 7.88. The lowest BCUT2D eigenvalue weighted by molar-refractivity contribution is 0.402. The lowest BCUT2D eigenvalue weighted by Crippen LogP contribution is -2.35. The predicted molar refractivity (Wildman–Crippen MR) is 145 cm³/mol. The summed E-state index contributed by atoms with van der Waals surface area (Å²) in [6.45, 7) is 4.06. The molecule has 1 aromatic carbocycles. The Morgan fingerprint density at radius 2 is 1.29 bits per heavy atom. The zero-order chi connectivity index (χ0) is 25.1. The molecule has 0 aromatic heterocycles. The van der Waals surface area contributed by atoms with Gasteiger partial charge in [0.25, 0.3) is 0 Å². The Hall–Kier alpha value is -1.47. The monoisotopic (exact) mass is 498 g/mol. The standard InChI is InChI=1S/C27H50N2O4S/c1-5-6-7-8-9-10-11-12-13-14-15-16-17-18-22-29(23-21-28-34(4,30)31)26-24-25(32-2)19-20-27(26)33-3/h19-20,24,28H,5-18,21-23H2,1-4H3. The zero-order valence-electron chi connectivity index (χ0n) is 22.2. The Balaban J connectivity index is 2.34. The normalized spacial score (nSPS) is 11.5. The van der Waals surface area contributed by atoms with E-state index in [1.54, 1.807) is 14.2 Å². The summed E-state index contributed by atoms with van der Waals surface area (Å²) < 4.78 is 36.5. The molecule has 0 atom stereocenters. The number of benzene rings is 1.